The van der Waals surface area contributed by atoms with E-state index in [1.165, 1.54) is 0 Å². The Morgan fingerprint density at radius 1 is 1.26 bits per heavy atom. The quantitative estimate of drug-likeness (QED) is 0.796. The third-order valence-electron chi connectivity index (χ3n) is 5.64. The summed E-state index contributed by atoms with van der Waals surface area (Å²) in [5.74, 6) is -0.421. The van der Waals surface area contributed by atoms with E-state index in [1.54, 1.807) is 18.3 Å². The van der Waals surface area contributed by atoms with Crippen molar-refractivity contribution in [1.29, 1.82) is 0 Å². The van der Waals surface area contributed by atoms with Gasteiger partial charge in [-0.15, -0.1) is 0 Å². The lowest BCUT2D eigenvalue weighted by molar-refractivity contribution is -0.144. The van der Waals surface area contributed by atoms with Crippen molar-refractivity contribution in [3.63, 3.8) is 0 Å². The Labute approximate surface area is 162 Å². The number of hydrogen-bond donors (Lipinski definition) is 2. The summed E-state index contributed by atoms with van der Waals surface area (Å²) in [6.07, 6.45) is 2.42. The number of rotatable bonds is 4. The molecule has 2 N–H and O–H groups in total. The van der Waals surface area contributed by atoms with E-state index < -0.39 is 21.8 Å². The fraction of sp³-hybridized carbons (Fsp3) is 0.500. The van der Waals surface area contributed by atoms with Crippen LogP contribution < -0.4 is 0 Å². The molecule has 1 aromatic heterocycles. The van der Waals surface area contributed by atoms with E-state index >= 15 is 0 Å². The summed E-state index contributed by atoms with van der Waals surface area (Å²) in [5.41, 5.74) is 1.56. The predicted molar refractivity (Wildman–Crippen MR) is 104 cm³/mol. The molecule has 0 unspecified atom stereocenters. The number of aromatic amines is 1. The van der Waals surface area contributed by atoms with Gasteiger partial charge in [-0.3, -0.25) is 14.6 Å². The molecule has 0 radical (unpaired) electrons. The summed E-state index contributed by atoms with van der Waals surface area (Å²) in [6.45, 7) is 2.52. The minimum atomic E-state index is -2.92. The van der Waals surface area contributed by atoms with Gasteiger partial charge in [0, 0.05) is 59.9 Å². The molecule has 1 aromatic carbocycles. The highest BCUT2D eigenvalue weighted by atomic mass is 35.5. The number of halogens is 1. The summed E-state index contributed by atoms with van der Waals surface area (Å²) >= 11 is 6.10. The van der Waals surface area contributed by atoms with E-state index in [9.17, 15) is 18.3 Å². The number of sulfone groups is 1. The first-order valence-electron chi connectivity index (χ1n) is 9.02. The van der Waals surface area contributed by atoms with E-state index in [2.05, 4.69) is 9.88 Å². The average Bonchev–Trinajstić information content (AvgIpc) is 3.19. The normalized spacial score (nSPS) is 25.0. The number of benzene rings is 1. The number of nitrogens with one attached hydrogen (secondary N) is 1. The number of fused-ring (bicyclic) bond motifs is 1. The molecule has 2 aliphatic rings. The molecule has 0 saturated carbocycles. The Balaban J connectivity index is 1.52. The molecule has 146 valence electrons. The third kappa shape index (κ3) is 3.71. The lowest BCUT2D eigenvalue weighted by Crippen LogP contribution is -2.52. The molecule has 9 heteroatoms. The number of nitrogens with zero attached hydrogens (tertiary/aromatic N) is 2. The highest BCUT2D eigenvalue weighted by molar-refractivity contribution is 7.91. The van der Waals surface area contributed by atoms with Gasteiger partial charge in [-0.2, -0.15) is 0 Å². The second kappa shape index (κ2) is 7.09. The van der Waals surface area contributed by atoms with Gasteiger partial charge in [0.25, 0.3) is 0 Å². The lowest BCUT2D eigenvalue weighted by Gasteiger charge is -2.39. The highest BCUT2D eigenvalue weighted by Gasteiger charge is 2.37. The predicted octanol–water partition coefficient (Wildman–Crippen LogP) is 1.75. The van der Waals surface area contributed by atoms with E-state index in [1.807, 2.05) is 11.0 Å². The number of piperazine rings is 1. The average molecular weight is 412 g/mol. The maximum absolute atomic E-state index is 12.1. The summed E-state index contributed by atoms with van der Waals surface area (Å²) in [7, 11) is -2.92. The highest BCUT2D eigenvalue weighted by Crippen LogP contribution is 2.31. The topological polar surface area (TPSA) is 93.7 Å². The van der Waals surface area contributed by atoms with E-state index in [-0.39, 0.29) is 17.5 Å². The zero-order valence-electron chi connectivity index (χ0n) is 14.8. The van der Waals surface area contributed by atoms with Crippen molar-refractivity contribution in [2.24, 2.45) is 0 Å². The van der Waals surface area contributed by atoms with Gasteiger partial charge in [0.05, 0.1) is 11.5 Å². The molecule has 27 heavy (non-hydrogen) atoms. The van der Waals surface area contributed by atoms with Crippen LogP contribution in [0.1, 0.15) is 18.0 Å². The Hall–Kier alpha value is -1.61. The molecule has 3 heterocycles. The van der Waals surface area contributed by atoms with Gasteiger partial charge in [0.15, 0.2) is 9.84 Å². The second-order valence-electron chi connectivity index (χ2n) is 7.30. The van der Waals surface area contributed by atoms with Crippen LogP contribution in [-0.4, -0.2) is 78.0 Å². The van der Waals surface area contributed by atoms with E-state index in [0.29, 0.717) is 43.2 Å². The number of carbonyl (C=O) groups is 1. The standard InChI is InChI=1S/C18H22ClN3O4S/c19-12-1-2-16-14(9-12)15(10-20-16)17(18(23)24)22-6-4-21(5-7-22)13-3-8-27(25,26)11-13/h1-2,9-10,13,17,20H,3-8,11H2,(H,23,24)/t13-,17-/m0/s1. The number of aromatic nitrogens is 1. The van der Waals surface area contributed by atoms with Crippen molar-refractivity contribution in [3.05, 3.63) is 35.0 Å². The van der Waals surface area contributed by atoms with Gasteiger partial charge in [0.2, 0.25) is 0 Å². The third-order valence-corrected chi connectivity index (χ3v) is 7.63. The van der Waals surface area contributed by atoms with Gasteiger partial charge in [-0.25, -0.2) is 8.42 Å². The van der Waals surface area contributed by atoms with Crippen LogP contribution in [-0.2, 0) is 14.6 Å². The van der Waals surface area contributed by atoms with Crippen LogP contribution in [0.2, 0.25) is 5.02 Å². The van der Waals surface area contributed by atoms with Crippen LogP contribution in [0.15, 0.2) is 24.4 Å². The molecule has 2 aliphatic heterocycles. The summed E-state index contributed by atoms with van der Waals surface area (Å²) < 4.78 is 23.4. The molecule has 4 rings (SSSR count). The van der Waals surface area contributed by atoms with Crippen LogP contribution in [0.3, 0.4) is 0 Å². The van der Waals surface area contributed by atoms with Crippen molar-refractivity contribution < 1.29 is 18.3 Å². The minimum absolute atomic E-state index is 0.0623. The van der Waals surface area contributed by atoms with Gasteiger partial charge in [0.1, 0.15) is 6.04 Å². The Morgan fingerprint density at radius 3 is 2.63 bits per heavy atom. The van der Waals surface area contributed by atoms with Gasteiger partial charge < -0.3 is 10.1 Å². The molecule has 2 saturated heterocycles. The van der Waals surface area contributed by atoms with Crippen LogP contribution in [0.5, 0.6) is 0 Å². The summed E-state index contributed by atoms with van der Waals surface area (Å²) in [6, 6.07) is 4.71. The molecule has 2 atom stereocenters. The monoisotopic (exact) mass is 411 g/mol. The van der Waals surface area contributed by atoms with Crippen LogP contribution in [0.4, 0.5) is 0 Å². The molecule has 2 aromatic rings. The van der Waals surface area contributed by atoms with Crippen molar-refractivity contribution in [2.45, 2.75) is 18.5 Å². The van der Waals surface area contributed by atoms with E-state index in [0.717, 1.165) is 10.9 Å². The first-order valence-corrected chi connectivity index (χ1v) is 11.2. The summed E-state index contributed by atoms with van der Waals surface area (Å²) in [5, 5.41) is 11.3. The zero-order valence-corrected chi connectivity index (χ0v) is 16.3. The Bertz CT molecular complexity index is 966. The number of H-pyrrole nitrogens is 1. The smallest absolute Gasteiger partial charge is 0.325 e. The van der Waals surface area contributed by atoms with Gasteiger partial charge in [-0.1, -0.05) is 11.6 Å². The molecular formula is C18H22ClN3O4S. The Morgan fingerprint density at radius 2 is 2.00 bits per heavy atom. The zero-order chi connectivity index (χ0) is 19.2. The van der Waals surface area contributed by atoms with Crippen LogP contribution in [0, 0.1) is 0 Å². The first kappa shape index (κ1) is 18.7. The molecule has 0 spiro atoms. The van der Waals surface area contributed by atoms with Crippen molar-refractivity contribution in [1.82, 2.24) is 14.8 Å². The maximum Gasteiger partial charge on any atom is 0.325 e. The van der Waals surface area contributed by atoms with Crippen molar-refractivity contribution >= 4 is 38.3 Å². The first-order chi connectivity index (χ1) is 12.8. The SMILES string of the molecule is O=C(O)[C@H](c1c[nH]c2ccc(Cl)cc12)N1CCN([C@H]2CCS(=O)(=O)C2)CC1. The molecule has 7 nitrogen and oxygen atoms in total. The number of aliphatic carboxylic acids is 1. The maximum atomic E-state index is 12.1. The molecule has 0 amide bonds. The second-order valence-corrected chi connectivity index (χ2v) is 9.97. The molecule has 2 fully saturated rings. The fourth-order valence-corrected chi connectivity index (χ4v) is 6.18. The van der Waals surface area contributed by atoms with E-state index in [4.69, 9.17) is 11.6 Å². The van der Waals surface area contributed by atoms with Crippen LogP contribution >= 0.6 is 11.6 Å². The molecule has 0 aliphatic carbocycles. The van der Waals surface area contributed by atoms with Crippen molar-refractivity contribution in [2.75, 3.05) is 37.7 Å². The minimum Gasteiger partial charge on any atom is -0.480 e. The van der Waals surface area contributed by atoms with Crippen molar-refractivity contribution in [3.8, 4) is 0 Å². The fourth-order valence-electron chi connectivity index (χ4n) is 4.25. The lowest BCUT2D eigenvalue weighted by atomic mass is 10.0. The number of hydrogen-bond acceptors (Lipinski definition) is 5. The van der Waals surface area contributed by atoms with Crippen LogP contribution in [0.25, 0.3) is 10.9 Å². The molecule has 0 bridgehead atoms. The Kier molecular flexibility index (Phi) is 4.92. The number of carboxylic acid groups (broad SMARTS) is 1. The van der Waals surface area contributed by atoms with Gasteiger partial charge in [-0.05, 0) is 24.6 Å². The number of carboxylic acids is 1. The largest absolute Gasteiger partial charge is 0.480 e. The molecular weight excluding hydrogens is 390 g/mol. The van der Waals surface area contributed by atoms with Gasteiger partial charge >= 0.3 is 5.97 Å². The summed E-state index contributed by atoms with van der Waals surface area (Å²) in [4.78, 5) is 19.3.